The molecular formula is C30H39N9O6. The molecule has 3 fully saturated rings. The van der Waals surface area contributed by atoms with Crippen LogP contribution in [0.4, 0.5) is 10.6 Å². The van der Waals surface area contributed by atoms with E-state index in [1.165, 1.54) is 17.2 Å². The second kappa shape index (κ2) is 13.3. The van der Waals surface area contributed by atoms with E-state index in [9.17, 15) is 24.6 Å². The lowest BCUT2D eigenvalue weighted by atomic mass is 10.0. The highest BCUT2D eigenvalue weighted by Crippen LogP contribution is 2.32. The molecule has 5 atom stereocenters. The smallest absolute Gasteiger partial charge is 0.320 e. The average Bonchev–Trinajstić information content (AvgIpc) is 3.64. The molecular weight excluding hydrogens is 582 g/mol. The molecule has 0 radical (unpaired) electrons. The molecule has 0 saturated carbocycles. The number of likely N-dealkylation sites (tertiary alicyclic amines) is 1. The van der Waals surface area contributed by atoms with Crippen molar-refractivity contribution in [2.75, 3.05) is 45.0 Å². The van der Waals surface area contributed by atoms with Crippen molar-refractivity contribution >= 4 is 34.8 Å². The van der Waals surface area contributed by atoms with Crippen LogP contribution in [-0.4, -0.2) is 126 Å². The maximum Gasteiger partial charge on any atom is 0.320 e. The summed E-state index contributed by atoms with van der Waals surface area (Å²) >= 11 is 0. The molecule has 4 amide bonds. The molecule has 2 aromatic heterocycles. The van der Waals surface area contributed by atoms with Crippen molar-refractivity contribution in [1.82, 2.24) is 39.5 Å². The maximum atomic E-state index is 13.8. The van der Waals surface area contributed by atoms with Gasteiger partial charge in [0.25, 0.3) is 5.91 Å². The zero-order chi connectivity index (χ0) is 31.5. The summed E-state index contributed by atoms with van der Waals surface area (Å²) in [6.07, 6.45) is 0.840. The number of aliphatic hydroxyl groups is 2. The molecule has 15 nitrogen and oxygen atoms in total. The zero-order valence-electron chi connectivity index (χ0n) is 24.9. The molecule has 5 N–H and O–H groups in total. The van der Waals surface area contributed by atoms with Gasteiger partial charge >= 0.3 is 6.03 Å². The number of amides is 4. The molecule has 5 heterocycles. The van der Waals surface area contributed by atoms with Crippen LogP contribution in [0.3, 0.4) is 0 Å². The first-order chi connectivity index (χ1) is 21.8. The van der Waals surface area contributed by atoms with Gasteiger partial charge in [0.15, 0.2) is 23.8 Å². The predicted molar refractivity (Wildman–Crippen MR) is 161 cm³/mol. The highest BCUT2D eigenvalue weighted by molar-refractivity contribution is 5.90. The van der Waals surface area contributed by atoms with E-state index in [0.717, 1.165) is 37.9 Å². The van der Waals surface area contributed by atoms with E-state index in [1.54, 1.807) is 9.80 Å². The second-order valence-corrected chi connectivity index (χ2v) is 11.7. The van der Waals surface area contributed by atoms with Crippen LogP contribution < -0.4 is 11.1 Å². The summed E-state index contributed by atoms with van der Waals surface area (Å²) in [5.41, 5.74) is 7.44. The van der Waals surface area contributed by atoms with Crippen LogP contribution >= 0.6 is 0 Å². The summed E-state index contributed by atoms with van der Waals surface area (Å²) in [6.45, 7) is 3.03. The van der Waals surface area contributed by atoms with Crippen LogP contribution in [0.25, 0.3) is 11.2 Å². The van der Waals surface area contributed by atoms with Gasteiger partial charge in [-0.3, -0.25) is 14.2 Å². The number of carbonyl (C=O) groups is 3. The van der Waals surface area contributed by atoms with Crippen molar-refractivity contribution in [3.05, 3.63) is 48.5 Å². The minimum atomic E-state index is -1.58. The number of aliphatic hydroxyl groups excluding tert-OH is 2. The van der Waals surface area contributed by atoms with Gasteiger partial charge in [-0.05, 0) is 37.7 Å². The largest absolute Gasteiger partial charge is 0.387 e. The van der Waals surface area contributed by atoms with Gasteiger partial charge in [0.05, 0.1) is 6.33 Å². The number of fused-ring (bicyclic) bond motifs is 1. The van der Waals surface area contributed by atoms with Crippen molar-refractivity contribution in [3.8, 4) is 0 Å². The van der Waals surface area contributed by atoms with Gasteiger partial charge in [-0.1, -0.05) is 30.3 Å². The lowest BCUT2D eigenvalue weighted by Gasteiger charge is -2.39. The van der Waals surface area contributed by atoms with Crippen molar-refractivity contribution in [2.45, 2.75) is 62.7 Å². The van der Waals surface area contributed by atoms with E-state index in [4.69, 9.17) is 10.5 Å². The monoisotopic (exact) mass is 621 g/mol. The summed E-state index contributed by atoms with van der Waals surface area (Å²) in [5.74, 6) is -0.868. The van der Waals surface area contributed by atoms with Crippen molar-refractivity contribution in [2.24, 2.45) is 0 Å². The summed E-state index contributed by atoms with van der Waals surface area (Å²) < 4.78 is 7.25. The van der Waals surface area contributed by atoms with E-state index in [1.807, 2.05) is 35.2 Å². The first-order valence-electron chi connectivity index (χ1n) is 15.4. The highest BCUT2D eigenvalue weighted by Gasteiger charge is 2.48. The van der Waals surface area contributed by atoms with Crippen LogP contribution in [0.5, 0.6) is 0 Å². The number of piperazine rings is 1. The molecule has 240 valence electrons. The number of aromatic nitrogens is 4. The fourth-order valence-electron chi connectivity index (χ4n) is 6.25. The molecule has 0 bridgehead atoms. The number of ether oxygens (including phenoxy) is 1. The van der Waals surface area contributed by atoms with Gasteiger partial charge in [-0.2, -0.15) is 0 Å². The highest BCUT2D eigenvalue weighted by atomic mass is 16.6. The van der Waals surface area contributed by atoms with Crippen LogP contribution in [0.1, 0.15) is 37.5 Å². The number of imidazole rings is 1. The molecule has 3 aliphatic rings. The molecule has 0 spiro atoms. The molecule has 45 heavy (non-hydrogen) atoms. The number of rotatable bonds is 7. The minimum Gasteiger partial charge on any atom is -0.387 e. The number of hydrogen-bond donors (Lipinski definition) is 4. The fourth-order valence-corrected chi connectivity index (χ4v) is 6.25. The number of aryl methyl sites for hydroxylation is 1. The summed E-state index contributed by atoms with van der Waals surface area (Å²) in [4.78, 5) is 57.9. The van der Waals surface area contributed by atoms with Crippen LogP contribution in [0.15, 0.2) is 43.0 Å². The molecule has 0 unspecified atom stereocenters. The Morgan fingerprint density at radius 3 is 2.33 bits per heavy atom. The summed E-state index contributed by atoms with van der Waals surface area (Å²) in [6, 6.07) is 8.71. The number of carbonyl (C=O) groups excluding carboxylic acids is 3. The van der Waals surface area contributed by atoms with Gasteiger partial charge in [-0.25, -0.2) is 19.7 Å². The third-order valence-electron chi connectivity index (χ3n) is 8.83. The Balaban J connectivity index is 1.13. The number of anilines is 1. The number of nitrogens with two attached hydrogens (primary N) is 1. The Kier molecular flexibility index (Phi) is 9.09. The Labute approximate surface area is 260 Å². The number of hydrogen-bond acceptors (Lipinski definition) is 10. The molecule has 6 rings (SSSR count). The zero-order valence-corrected chi connectivity index (χ0v) is 24.9. The van der Waals surface area contributed by atoms with E-state index < -0.39 is 36.5 Å². The van der Waals surface area contributed by atoms with Gasteiger partial charge in [0.2, 0.25) is 5.91 Å². The van der Waals surface area contributed by atoms with E-state index >= 15 is 0 Å². The predicted octanol–water partition coefficient (Wildman–Crippen LogP) is -0.105. The molecule has 15 heteroatoms. The SMILES string of the molecule is Nc1ncnc2c1ncn2[C@@H]1O[C@H](C(=O)N[C@@H](CCc2ccccc2)C(=O)N2CCN(C(=O)N3CCCCC3)CC2)[C@@H](O)[C@H]1O. The van der Waals surface area contributed by atoms with Crippen LogP contribution in [-0.2, 0) is 20.7 Å². The standard InChI is InChI=1S/C30H39N9O6/c31-25-21-26(33-17-32-25)39(18-34-21)29-23(41)22(40)24(45-29)27(42)35-20(10-9-19-7-3-1-4-8-19)28(43)36-13-15-38(16-14-36)30(44)37-11-5-2-6-12-37/h1,3-4,7-8,17-18,20,22-24,29,40-41H,2,5-6,9-16H2,(H,35,42)(H2,31,32,33)/t20-,22-,23+,24-,29+/m0/s1. The Morgan fingerprint density at radius 1 is 0.911 bits per heavy atom. The van der Waals surface area contributed by atoms with Gasteiger partial charge in [0, 0.05) is 39.3 Å². The maximum absolute atomic E-state index is 13.8. The number of nitrogens with one attached hydrogen (secondary N) is 1. The quantitative estimate of drug-likeness (QED) is 0.277. The van der Waals surface area contributed by atoms with Gasteiger partial charge in [0.1, 0.15) is 30.1 Å². The molecule has 3 saturated heterocycles. The summed E-state index contributed by atoms with van der Waals surface area (Å²) in [7, 11) is 0. The van der Waals surface area contributed by atoms with E-state index in [-0.39, 0.29) is 23.4 Å². The molecule has 3 aliphatic heterocycles. The normalized spacial score (nSPS) is 24.5. The third-order valence-corrected chi connectivity index (χ3v) is 8.83. The van der Waals surface area contributed by atoms with Gasteiger partial charge < -0.3 is 40.7 Å². The average molecular weight is 622 g/mol. The van der Waals surface area contributed by atoms with Crippen molar-refractivity contribution < 1.29 is 29.3 Å². The topological polar surface area (TPSA) is 192 Å². The molecule has 1 aromatic carbocycles. The summed E-state index contributed by atoms with van der Waals surface area (Å²) in [5, 5.41) is 24.5. The first-order valence-corrected chi connectivity index (χ1v) is 15.4. The Morgan fingerprint density at radius 2 is 1.60 bits per heavy atom. The number of nitrogen functional groups attached to an aromatic ring is 1. The molecule has 3 aromatic rings. The number of benzene rings is 1. The fraction of sp³-hybridized carbons (Fsp3) is 0.533. The van der Waals surface area contributed by atoms with Crippen molar-refractivity contribution in [3.63, 3.8) is 0 Å². The van der Waals surface area contributed by atoms with E-state index in [2.05, 4.69) is 20.3 Å². The first kappa shape index (κ1) is 30.7. The third kappa shape index (κ3) is 6.41. The number of piperidine rings is 1. The van der Waals surface area contributed by atoms with Crippen LogP contribution in [0.2, 0.25) is 0 Å². The number of urea groups is 1. The van der Waals surface area contributed by atoms with Gasteiger partial charge in [-0.15, -0.1) is 0 Å². The Bertz CT molecular complexity index is 1510. The van der Waals surface area contributed by atoms with E-state index in [0.29, 0.717) is 44.5 Å². The van der Waals surface area contributed by atoms with Crippen molar-refractivity contribution in [1.29, 1.82) is 0 Å². The second-order valence-electron chi connectivity index (χ2n) is 11.7. The molecule has 0 aliphatic carbocycles. The minimum absolute atomic E-state index is 0.0102. The van der Waals surface area contributed by atoms with Crippen LogP contribution in [0, 0.1) is 0 Å². The Hall–Kier alpha value is -4.34. The lowest BCUT2D eigenvalue weighted by molar-refractivity contribution is -0.144. The lowest BCUT2D eigenvalue weighted by Crippen LogP contribution is -2.58. The number of nitrogens with zero attached hydrogens (tertiary/aromatic N) is 7.